The van der Waals surface area contributed by atoms with E-state index >= 15 is 4.39 Å². The van der Waals surface area contributed by atoms with Gasteiger partial charge >= 0.3 is 0 Å². The molecule has 0 radical (unpaired) electrons. The molecule has 0 aliphatic heterocycles. The van der Waals surface area contributed by atoms with Crippen LogP contribution >= 0.6 is 0 Å². The molecule has 3 heteroatoms. The van der Waals surface area contributed by atoms with Crippen LogP contribution in [0.3, 0.4) is 0 Å². The van der Waals surface area contributed by atoms with Crippen molar-refractivity contribution in [3.63, 3.8) is 0 Å². The Labute approximate surface area is 128 Å². The van der Waals surface area contributed by atoms with Crippen LogP contribution in [0.15, 0.2) is 78.9 Å². The van der Waals surface area contributed by atoms with E-state index in [9.17, 15) is 10.2 Å². The van der Waals surface area contributed by atoms with Crippen LogP contribution in [0, 0.1) is 0 Å². The third-order valence-corrected chi connectivity index (χ3v) is 3.70. The van der Waals surface area contributed by atoms with E-state index in [-0.39, 0.29) is 11.5 Å². The van der Waals surface area contributed by atoms with Crippen molar-refractivity contribution in [2.45, 2.75) is 5.67 Å². The van der Waals surface area contributed by atoms with Crippen LogP contribution in [0.5, 0.6) is 11.5 Å². The van der Waals surface area contributed by atoms with E-state index in [0.29, 0.717) is 16.7 Å². The zero-order chi connectivity index (χ0) is 15.6. The lowest BCUT2D eigenvalue weighted by Gasteiger charge is -2.27. The molecule has 22 heavy (non-hydrogen) atoms. The van der Waals surface area contributed by atoms with Crippen LogP contribution in [-0.2, 0) is 5.67 Å². The Morgan fingerprint density at radius 1 is 0.545 bits per heavy atom. The highest BCUT2D eigenvalue weighted by molar-refractivity contribution is 5.49. The van der Waals surface area contributed by atoms with Gasteiger partial charge in [-0.25, -0.2) is 4.39 Å². The molecule has 0 spiro atoms. The van der Waals surface area contributed by atoms with Crippen LogP contribution in [0.1, 0.15) is 16.7 Å². The molecule has 0 aliphatic carbocycles. The van der Waals surface area contributed by atoms with Crippen LogP contribution in [0.2, 0.25) is 0 Å². The highest BCUT2D eigenvalue weighted by Crippen LogP contribution is 2.41. The fraction of sp³-hybridized carbons (Fsp3) is 0.0526. The van der Waals surface area contributed by atoms with Crippen LogP contribution in [0.4, 0.5) is 4.39 Å². The zero-order valence-electron chi connectivity index (χ0n) is 11.8. The van der Waals surface area contributed by atoms with Crippen LogP contribution < -0.4 is 0 Å². The Balaban J connectivity index is 2.22. The molecule has 0 atom stereocenters. The maximum Gasteiger partial charge on any atom is 0.186 e. The first-order valence-corrected chi connectivity index (χ1v) is 6.94. The quantitative estimate of drug-likeness (QED) is 0.705. The van der Waals surface area contributed by atoms with Crippen LogP contribution in [-0.4, -0.2) is 10.2 Å². The molecule has 0 bridgehead atoms. The molecule has 0 fully saturated rings. The number of halogens is 1. The SMILES string of the molecule is Oc1ccc(C(F)(c2ccccc2)c2ccc(O)cc2)cc1. The molecule has 0 amide bonds. The van der Waals surface area contributed by atoms with Gasteiger partial charge in [-0.05, 0) is 41.0 Å². The third kappa shape index (κ3) is 2.42. The van der Waals surface area contributed by atoms with E-state index < -0.39 is 5.67 Å². The molecule has 2 nitrogen and oxygen atoms in total. The summed E-state index contributed by atoms with van der Waals surface area (Å²) in [6.07, 6.45) is 0. The van der Waals surface area contributed by atoms with Crippen molar-refractivity contribution in [1.29, 1.82) is 0 Å². The maximum absolute atomic E-state index is 16.1. The Morgan fingerprint density at radius 2 is 0.909 bits per heavy atom. The molecule has 0 aliphatic rings. The lowest BCUT2D eigenvalue weighted by atomic mass is 9.82. The number of benzene rings is 3. The number of phenolic OH excluding ortho intramolecular Hbond substituents is 2. The fourth-order valence-electron chi connectivity index (χ4n) is 2.55. The van der Waals surface area contributed by atoms with Crippen molar-refractivity contribution in [2.75, 3.05) is 0 Å². The molecule has 3 aromatic rings. The first kappa shape index (κ1) is 14.1. The summed E-state index contributed by atoms with van der Waals surface area (Å²) in [7, 11) is 0. The minimum atomic E-state index is -1.86. The van der Waals surface area contributed by atoms with Gasteiger partial charge in [-0.3, -0.25) is 0 Å². The number of hydrogen-bond acceptors (Lipinski definition) is 2. The van der Waals surface area contributed by atoms with Gasteiger partial charge in [0, 0.05) is 0 Å². The van der Waals surface area contributed by atoms with E-state index in [1.54, 1.807) is 48.5 Å². The molecule has 0 saturated carbocycles. The predicted octanol–water partition coefficient (Wildman–Crippen LogP) is 4.36. The smallest absolute Gasteiger partial charge is 0.186 e. The molecular weight excluding hydrogens is 279 g/mol. The van der Waals surface area contributed by atoms with Crippen molar-refractivity contribution < 1.29 is 14.6 Å². The topological polar surface area (TPSA) is 40.5 Å². The molecule has 0 unspecified atom stereocenters. The van der Waals surface area contributed by atoms with Crippen molar-refractivity contribution >= 4 is 0 Å². The van der Waals surface area contributed by atoms with E-state index in [1.165, 1.54) is 24.3 Å². The van der Waals surface area contributed by atoms with Crippen LogP contribution in [0.25, 0.3) is 0 Å². The summed E-state index contributed by atoms with van der Waals surface area (Å²) < 4.78 is 16.1. The number of hydrogen-bond donors (Lipinski definition) is 2. The second-order valence-electron chi connectivity index (χ2n) is 5.12. The van der Waals surface area contributed by atoms with Gasteiger partial charge < -0.3 is 10.2 Å². The molecular formula is C19H15FO2. The van der Waals surface area contributed by atoms with Gasteiger partial charge in [-0.15, -0.1) is 0 Å². The summed E-state index contributed by atoms with van der Waals surface area (Å²) in [6, 6.07) is 21.0. The third-order valence-electron chi connectivity index (χ3n) is 3.70. The average molecular weight is 294 g/mol. The summed E-state index contributed by atoms with van der Waals surface area (Å²) in [6.45, 7) is 0. The molecule has 3 aromatic carbocycles. The van der Waals surface area contributed by atoms with Crippen molar-refractivity contribution in [3.05, 3.63) is 95.6 Å². The van der Waals surface area contributed by atoms with Crippen molar-refractivity contribution in [2.24, 2.45) is 0 Å². The lowest BCUT2D eigenvalue weighted by molar-refractivity contribution is 0.280. The van der Waals surface area contributed by atoms with Gasteiger partial charge in [0.05, 0.1) is 0 Å². The second kappa shape index (κ2) is 5.53. The maximum atomic E-state index is 16.1. The fourth-order valence-corrected chi connectivity index (χ4v) is 2.55. The Bertz CT molecular complexity index is 704. The van der Waals surface area contributed by atoms with E-state index in [4.69, 9.17) is 0 Å². The first-order valence-electron chi connectivity index (χ1n) is 6.94. The monoisotopic (exact) mass is 294 g/mol. The van der Waals surface area contributed by atoms with Gasteiger partial charge in [0.2, 0.25) is 0 Å². The lowest BCUT2D eigenvalue weighted by Crippen LogP contribution is -2.23. The first-order chi connectivity index (χ1) is 10.6. The van der Waals surface area contributed by atoms with E-state index in [1.807, 2.05) is 6.07 Å². The standard InChI is InChI=1S/C19H15FO2/c20-19(14-4-2-1-3-5-14,15-6-10-17(21)11-7-15)16-8-12-18(22)13-9-16/h1-13,21-22H. The van der Waals surface area contributed by atoms with E-state index in [0.717, 1.165) is 0 Å². The molecule has 110 valence electrons. The molecule has 2 N–H and O–H groups in total. The van der Waals surface area contributed by atoms with Gasteiger partial charge in [0.25, 0.3) is 0 Å². The van der Waals surface area contributed by atoms with Gasteiger partial charge in [-0.1, -0.05) is 54.6 Å². The minimum absolute atomic E-state index is 0.0878. The minimum Gasteiger partial charge on any atom is -0.508 e. The summed E-state index contributed by atoms with van der Waals surface area (Å²) in [5, 5.41) is 18.9. The summed E-state index contributed by atoms with van der Waals surface area (Å²) in [4.78, 5) is 0. The number of rotatable bonds is 3. The average Bonchev–Trinajstić information content (AvgIpc) is 2.56. The molecule has 3 rings (SSSR count). The highest BCUT2D eigenvalue weighted by Gasteiger charge is 2.36. The second-order valence-corrected chi connectivity index (χ2v) is 5.12. The van der Waals surface area contributed by atoms with Gasteiger partial charge in [0.1, 0.15) is 11.5 Å². The summed E-state index contributed by atoms with van der Waals surface area (Å²) in [5.74, 6) is 0.176. The highest BCUT2D eigenvalue weighted by atomic mass is 19.1. The Morgan fingerprint density at radius 3 is 1.32 bits per heavy atom. The van der Waals surface area contributed by atoms with E-state index in [2.05, 4.69) is 0 Å². The van der Waals surface area contributed by atoms with Crippen molar-refractivity contribution in [3.8, 4) is 11.5 Å². The number of alkyl halides is 1. The van der Waals surface area contributed by atoms with Crippen molar-refractivity contribution in [1.82, 2.24) is 0 Å². The normalized spacial score (nSPS) is 11.3. The number of phenols is 2. The summed E-state index contributed by atoms with van der Waals surface area (Å²) in [5.41, 5.74) is -0.529. The summed E-state index contributed by atoms with van der Waals surface area (Å²) >= 11 is 0. The van der Waals surface area contributed by atoms with Gasteiger partial charge in [0.15, 0.2) is 5.67 Å². The molecule has 0 aromatic heterocycles. The molecule has 0 saturated heterocycles. The largest absolute Gasteiger partial charge is 0.508 e. The Kier molecular flexibility index (Phi) is 3.55. The Hall–Kier alpha value is -2.81. The predicted molar refractivity (Wildman–Crippen MR) is 83.6 cm³/mol. The number of aromatic hydroxyl groups is 2. The zero-order valence-corrected chi connectivity index (χ0v) is 11.8. The van der Waals surface area contributed by atoms with Gasteiger partial charge in [-0.2, -0.15) is 0 Å². The molecule has 0 heterocycles.